The van der Waals surface area contributed by atoms with E-state index in [1.165, 1.54) is 49.5 Å². The SMILES string of the molecule is Fc1cc(C(F)(F)F)ccc1N1CCN(Cc2ccc(CN3CCCCC3)cc2)CC1. The van der Waals surface area contributed by atoms with E-state index in [-0.39, 0.29) is 5.69 Å². The molecule has 2 heterocycles. The summed E-state index contributed by atoms with van der Waals surface area (Å²) >= 11 is 0. The van der Waals surface area contributed by atoms with E-state index in [0.29, 0.717) is 19.2 Å². The summed E-state index contributed by atoms with van der Waals surface area (Å²) in [5.74, 6) is -0.812. The molecule has 2 aromatic carbocycles. The zero-order valence-electron chi connectivity index (χ0n) is 17.7. The minimum absolute atomic E-state index is 0.245. The highest BCUT2D eigenvalue weighted by molar-refractivity contribution is 5.50. The fourth-order valence-electron chi connectivity index (χ4n) is 4.47. The lowest BCUT2D eigenvalue weighted by Gasteiger charge is -2.36. The van der Waals surface area contributed by atoms with Crippen molar-refractivity contribution in [2.24, 2.45) is 0 Å². The van der Waals surface area contributed by atoms with Gasteiger partial charge in [0.1, 0.15) is 5.82 Å². The second-order valence-electron chi connectivity index (χ2n) is 8.58. The van der Waals surface area contributed by atoms with Crippen LogP contribution in [0.5, 0.6) is 0 Å². The molecule has 7 heteroatoms. The second kappa shape index (κ2) is 9.57. The highest BCUT2D eigenvalue weighted by Crippen LogP contribution is 2.32. The number of likely N-dealkylation sites (tertiary alicyclic amines) is 1. The Morgan fingerprint density at radius 2 is 1.23 bits per heavy atom. The highest BCUT2D eigenvalue weighted by Gasteiger charge is 2.32. The highest BCUT2D eigenvalue weighted by atomic mass is 19.4. The lowest BCUT2D eigenvalue weighted by Crippen LogP contribution is -2.46. The predicted octanol–water partition coefficient (Wildman–Crippen LogP) is 5.15. The summed E-state index contributed by atoms with van der Waals surface area (Å²) in [7, 11) is 0. The van der Waals surface area contributed by atoms with Gasteiger partial charge < -0.3 is 4.90 Å². The molecule has 0 N–H and O–H groups in total. The van der Waals surface area contributed by atoms with Crippen molar-refractivity contribution in [2.75, 3.05) is 44.2 Å². The van der Waals surface area contributed by atoms with Crippen LogP contribution < -0.4 is 4.90 Å². The minimum atomic E-state index is -4.53. The molecular weight excluding hydrogens is 406 g/mol. The van der Waals surface area contributed by atoms with Gasteiger partial charge in [-0.25, -0.2) is 4.39 Å². The van der Waals surface area contributed by atoms with Gasteiger partial charge in [0.25, 0.3) is 0 Å². The number of rotatable bonds is 5. The van der Waals surface area contributed by atoms with Crippen molar-refractivity contribution < 1.29 is 17.6 Å². The minimum Gasteiger partial charge on any atom is -0.367 e. The molecule has 2 aromatic rings. The molecule has 2 saturated heterocycles. The third-order valence-electron chi connectivity index (χ3n) is 6.27. The van der Waals surface area contributed by atoms with Crippen molar-refractivity contribution in [1.29, 1.82) is 0 Å². The smallest absolute Gasteiger partial charge is 0.367 e. The molecule has 4 rings (SSSR count). The van der Waals surface area contributed by atoms with Gasteiger partial charge in [-0.3, -0.25) is 9.80 Å². The van der Waals surface area contributed by atoms with Crippen molar-refractivity contribution in [3.63, 3.8) is 0 Å². The third-order valence-corrected chi connectivity index (χ3v) is 6.27. The van der Waals surface area contributed by atoms with E-state index in [1.54, 1.807) is 0 Å². The molecule has 0 atom stereocenters. The van der Waals surface area contributed by atoms with Crippen molar-refractivity contribution in [3.05, 3.63) is 65.0 Å². The Kier molecular flexibility index (Phi) is 6.82. The standard InChI is InChI=1S/C24H29F4N3/c25-22-16-21(24(26,27)28)8-9-23(22)31-14-12-30(13-15-31)18-20-6-4-19(5-7-20)17-29-10-2-1-3-11-29/h4-9,16H,1-3,10-15,17-18H2. The molecule has 168 valence electrons. The van der Waals surface area contributed by atoms with Gasteiger partial charge in [0, 0.05) is 39.3 Å². The zero-order chi connectivity index (χ0) is 21.8. The van der Waals surface area contributed by atoms with E-state index in [9.17, 15) is 17.6 Å². The maximum absolute atomic E-state index is 14.3. The van der Waals surface area contributed by atoms with Crippen LogP contribution in [0.25, 0.3) is 0 Å². The first kappa shape index (κ1) is 22.1. The Balaban J connectivity index is 1.28. The second-order valence-corrected chi connectivity index (χ2v) is 8.58. The van der Waals surface area contributed by atoms with Gasteiger partial charge in [-0.2, -0.15) is 13.2 Å². The number of nitrogens with zero attached hydrogens (tertiary/aromatic N) is 3. The van der Waals surface area contributed by atoms with Gasteiger partial charge in [0.2, 0.25) is 0 Å². The number of hydrogen-bond acceptors (Lipinski definition) is 3. The molecule has 0 unspecified atom stereocenters. The maximum atomic E-state index is 14.3. The van der Waals surface area contributed by atoms with Crippen LogP contribution in [-0.2, 0) is 19.3 Å². The molecule has 3 nitrogen and oxygen atoms in total. The monoisotopic (exact) mass is 435 g/mol. The lowest BCUT2D eigenvalue weighted by molar-refractivity contribution is -0.137. The topological polar surface area (TPSA) is 9.72 Å². The molecule has 0 radical (unpaired) electrons. The first-order chi connectivity index (χ1) is 14.9. The van der Waals surface area contributed by atoms with E-state index in [0.717, 1.165) is 32.2 Å². The summed E-state index contributed by atoms with van der Waals surface area (Å²) in [5.41, 5.74) is 1.88. The molecule has 0 aromatic heterocycles. The maximum Gasteiger partial charge on any atom is 0.416 e. The van der Waals surface area contributed by atoms with E-state index in [2.05, 4.69) is 34.1 Å². The number of piperazine rings is 1. The molecule has 0 spiro atoms. The number of halogens is 4. The van der Waals surface area contributed by atoms with Gasteiger partial charge >= 0.3 is 6.18 Å². The average molecular weight is 436 g/mol. The van der Waals surface area contributed by atoms with E-state index in [1.807, 2.05) is 4.90 Å². The van der Waals surface area contributed by atoms with Gasteiger partial charge in [-0.1, -0.05) is 30.7 Å². The van der Waals surface area contributed by atoms with E-state index >= 15 is 0 Å². The first-order valence-electron chi connectivity index (χ1n) is 11.0. The van der Waals surface area contributed by atoms with Crippen molar-refractivity contribution >= 4 is 5.69 Å². The van der Waals surface area contributed by atoms with Crippen LogP contribution in [0.2, 0.25) is 0 Å². The van der Waals surface area contributed by atoms with Crippen LogP contribution >= 0.6 is 0 Å². The normalized spacial score (nSPS) is 19.0. The molecule has 0 aliphatic carbocycles. The predicted molar refractivity (Wildman–Crippen MR) is 114 cm³/mol. The summed E-state index contributed by atoms with van der Waals surface area (Å²) in [6.07, 6.45) is -0.601. The molecule has 0 amide bonds. The summed E-state index contributed by atoms with van der Waals surface area (Å²) in [5, 5.41) is 0. The zero-order valence-corrected chi connectivity index (χ0v) is 17.7. The number of benzene rings is 2. The van der Waals surface area contributed by atoms with Crippen LogP contribution in [0, 0.1) is 5.82 Å². The Bertz CT molecular complexity index is 852. The number of piperidine rings is 1. The summed E-state index contributed by atoms with van der Waals surface area (Å²) < 4.78 is 52.5. The Hall–Kier alpha value is -2.12. The van der Waals surface area contributed by atoms with Crippen LogP contribution in [0.1, 0.15) is 36.0 Å². The third kappa shape index (κ3) is 5.77. The Morgan fingerprint density at radius 3 is 1.74 bits per heavy atom. The Morgan fingerprint density at radius 1 is 0.677 bits per heavy atom. The lowest BCUT2D eigenvalue weighted by atomic mass is 10.1. The molecular formula is C24H29F4N3. The van der Waals surface area contributed by atoms with Crippen LogP contribution in [-0.4, -0.2) is 49.1 Å². The molecule has 31 heavy (non-hydrogen) atoms. The number of anilines is 1. The van der Waals surface area contributed by atoms with Crippen LogP contribution in [0.3, 0.4) is 0 Å². The fourth-order valence-corrected chi connectivity index (χ4v) is 4.47. The molecule has 2 fully saturated rings. The van der Waals surface area contributed by atoms with Gasteiger partial charge in [-0.05, 0) is 55.3 Å². The van der Waals surface area contributed by atoms with Crippen LogP contribution in [0.4, 0.5) is 23.2 Å². The molecule has 2 aliphatic heterocycles. The number of alkyl halides is 3. The molecule has 0 bridgehead atoms. The first-order valence-corrected chi connectivity index (χ1v) is 11.0. The van der Waals surface area contributed by atoms with E-state index < -0.39 is 17.6 Å². The fraction of sp³-hybridized carbons (Fsp3) is 0.500. The van der Waals surface area contributed by atoms with Gasteiger partial charge in [0.05, 0.1) is 11.3 Å². The van der Waals surface area contributed by atoms with Gasteiger partial charge in [0.15, 0.2) is 0 Å². The van der Waals surface area contributed by atoms with Crippen molar-refractivity contribution in [3.8, 4) is 0 Å². The largest absolute Gasteiger partial charge is 0.416 e. The van der Waals surface area contributed by atoms with Gasteiger partial charge in [-0.15, -0.1) is 0 Å². The summed E-state index contributed by atoms with van der Waals surface area (Å²) in [6.45, 7) is 6.89. The van der Waals surface area contributed by atoms with Crippen molar-refractivity contribution in [1.82, 2.24) is 9.80 Å². The Labute approximate surface area is 181 Å². The van der Waals surface area contributed by atoms with E-state index in [4.69, 9.17) is 0 Å². The van der Waals surface area contributed by atoms with Crippen molar-refractivity contribution in [2.45, 2.75) is 38.5 Å². The molecule has 2 aliphatic rings. The summed E-state index contributed by atoms with van der Waals surface area (Å²) in [6, 6.07) is 11.6. The van der Waals surface area contributed by atoms with Crippen LogP contribution in [0.15, 0.2) is 42.5 Å². The summed E-state index contributed by atoms with van der Waals surface area (Å²) in [4.78, 5) is 6.64. The quantitative estimate of drug-likeness (QED) is 0.602. The molecule has 0 saturated carbocycles. The average Bonchev–Trinajstić information content (AvgIpc) is 2.76. The number of hydrogen-bond donors (Lipinski definition) is 0.